The molecule has 1 unspecified atom stereocenters. The lowest BCUT2D eigenvalue weighted by Gasteiger charge is -2.11. The fourth-order valence-corrected chi connectivity index (χ4v) is 4.20. The molecule has 0 saturated heterocycles. The molecule has 4 nitrogen and oxygen atoms in total. The summed E-state index contributed by atoms with van der Waals surface area (Å²) >= 11 is 3.39. The van der Waals surface area contributed by atoms with Crippen molar-refractivity contribution >= 4 is 28.6 Å². The maximum atomic E-state index is 12.1. The molecule has 0 fully saturated rings. The summed E-state index contributed by atoms with van der Waals surface area (Å²) < 4.78 is 0. The van der Waals surface area contributed by atoms with Crippen LogP contribution in [0, 0.1) is 6.92 Å². The van der Waals surface area contributed by atoms with Crippen LogP contribution < -0.4 is 11.1 Å². The first kappa shape index (κ1) is 17.8. The minimum absolute atomic E-state index is 0.0109. The topological polar surface area (TPSA) is 68.0 Å². The molecule has 25 heavy (non-hydrogen) atoms. The van der Waals surface area contributed by atoms with Gasteiger partial charge in [-0.25, -0.2) is 4.98 Å². The lowest BCUT2D eigenvalue weighted by Crippen LogP contribution is -2.29. The highest BCUT2D eigenvalue weighted by Crippen LogP contribution is 2.29. The number of aryl methyl sites for hydroxylation is 1. The van der Waals surface area contributed by atoms with E-state index in [1.54, 1.807) is 22.7 Å². The van der Waals surface area contributed by atoms with E-state index in [1.807, 2.05) is 37.3 Å². The molecule has 0 aliphatic carbocycles. The Balaban J connectivity index is 1.45. The lowest BCUT2D eigenvalue weighted by atomic mass is 10.0. The van der Waals surface area contributed by atoms with E-state index in [0.29, 0.717) is 13.0 Å². The number of aromatic nitrogens is 1. The van der Waals surface area contributed by atoms with Crippen molar-refractivity contribution in [3.8, 4) is 10.6 Å². The molecule has 0 aliphatic rings. The van der Waals surface area contributed by atoms with Gasteiger partial charge < -0.3 is 11.1 Å². The molecule has 0 aliphatic heterocycles. The number of carbonyl (C=O) groups is 1. The summed E-state index contributed by atoms with van der Waals surface area (Å²) in [4.78, 5) is 19.0. The molecular weight excluding hydrogens is 350 g/mol. The van der Waals surface area contributed by atoms with Crippen LogP contribution in [0.15, 0.2) is 47.8 Å². The van der Waals surface area contributed by atoms with E-state index in [2.05, 4.69) is 27.8 Å². The van der Waals surface area contributed by atoms with Crippen molar-refractivity contribution < 1.29 is 4.79 Å². The standard InChI is InChI=1S/C19H21N3OS2/c1-13-22-17(12-24-13)18-8-7-15(25-18)9-10-21-19(23)11-16(20)14-5-3-2-4-6-14/h2-8,12,16H,9-11,20H2,1H3,(H,21,23). The maximum absolute atomic E-state index is 12.1. The highest BCUT2D eigenvalue weighted by atomic mass is 32.1. The molecule has 1 atom stereocenters. The van der Waals surface area contributed by atoms with Gasteiger partial charge in [-0.1, -0.05) is 30.3 Å². The predicted octanol–water partition coefficient (Wildman–Crippen LogP) is 3.93. The van der Waals surface area contributed by atoms with Crippen LogP contribution in [0.4, 0.5) is 0 Å². The maximum Gasteiger partial charge on any atom is 0.221 e. The Morgan fingerprint density at radius 1 is 1.24 bits per heavy atom. The normalized spacial score (nSPS) is 12.1. The molecule has 3 aromatic rings. The Kier molecular flexibility index (Phi) is 5.96. The van der Waals surface area contributed by atoms with Gasteiger partial charge in [0.1, 0.15) is 0 Å². The number of benzene rings is 1. The fourth-order valence-electron chi connectivity index (χ4n) is 2.54. The van der Waals surface area contributed by atoms with Crippen LogP contribution in [0.3, 0.4) is 0 Å². The smallest absolute Gasteiger partial charge is 0.221 e. The van der Waals surface area contributed by atoms with Crippen molar-refractivity contribution in [3.05, 3.63) is 63.3 Å². The van der Waals surface area contributed by atoms with E-state index in [4.69, 9.17) is 5.73 Å². The van der Waals surface area contributed by atoms with Gasteiger partial charge in [-0.15, -0.1) is 22.7 Å². The highest BCUT2D eigenvalue weighted by molar-refractivity contribution is 7.16. The number of thiophene rings is 1. The SMILES string of the molecule is Cc1nc(-c2ccc(CCNC(=O)CC(N)c3ccccc3)s2)cs1. The highest BCUT2D eigenvalue weighted by Gasteiger charge is 2.11. The van der Waals surface area contributed by atoms with Gasteiger partial charge in [-0.3, -0.25) is 4.79 Å². The predicted molar refractivity (Wildman–Crippen MR) is 105 cm³/mol. The molecule has 1 aromatic carbocycles. The minimum atomic E-state index is -0.262. The summed E-state index contributed by atoms with van der Waals surface area (Å²) in [6.07, 6.45) is 1.12. The number of amides is 1. The summed E-state index contributed by atoms with van der Waals surface area (Å²) in [7, 11) is 0. The number of carbonyl (C=O) groups excluding carboxylic acids is 1. The second kappa shape index (κ2) is 8.38. The third-order valence-electron chi connectivity index (χ3n) is 3.86. The Labute approximate surface area is 155 Å². The van der Waals surface area contributed by atoms with Crippen LogP contribution in [0.5, 0.6) is 0 Å². The first-order chi connectivity index (χ1) is 12.1. The van der Waals surface area contributed by atoms with E-state index >= 15 is 0 Å². The van der Waals surface area contributed by atoms with E-state index in [0.717, 1.165) is 22.7 Å². The first-order valence-electron chi connectivity index (χ1n) is 8.20. The van der Waals surface area contributed by atoms with E-state index in [-0.39, 0.29) is 11.9 Å². The van der Waals surface area contributed by atoms with Gasteiger partial charge in [-0.2, -0.15) is 0 Å². The van der Waals surface area contributed by atoms with Crippen molar-refractivity contribution in [2.24, 2.45) is 5.73 Å². The Morgan fingerprint density at radius 3 is 2.76 bits per heavy atom. The molecule has 1 amide bonds. The van der Waals surface area contributed by atoms with Crippen LogP contribution >= 0.6 is 22.7 Å². The summed E-state index contributed by atoms with van der Waals surface area (Å²) in [6, 6.07) is 13.7. The quantitative estimate of drug-likeness (QED) is 0.661. The molecule has 0 saturated carbocycles. The van der Waals surface area contributed by atoms with Crippen molar-refractivity contribution in [1.29, 1.82) is 0 Å². The molecule has 0 radical (unpaired) electrons. The third kappa shape index (κ3) is 4.98. The summed E-state index contributed by atoms with van der Waals surface area (Å²) in [5, 5.41) is 6.12. The van der Waals surface area contributed by atoms with Crippen molar-refractivity contribution in [2.75, 3.05) is 6.54 Å². The monoisotopic (exact) mass is 371 g/mol. The Bertz CT molecular complexity index is 826. The molecule has 2 aromatic heterocycles. The fraction of sp³-hybridized carbons (Fsp3) is 0.263. The van der Waals surface area contributed by atoms with Crippen LogP contribution in [0.1, 0.15) is 27.9 Å². The number of nitrogens with two attached hydrogens (primary N) is 1. The second-order valence-corrected chi connectivity index (χ2v) is 8.07. The molecule has 6 heteroatoms. The van der Waals surface area contributed by atoms with E-state index < -0.39 is 0 Å². The van der Waals surface area contributed by atoms with Gasteiger partial charge in [0.2, 0.25) is 5.91 Å². The average molecular weight is 372 g/mol. The molecule has 2 heterocycles. The lowest BCUT2D eigenvalue weighted by molar-refractivity contribution is -0.121. The summed E-state index contributed by atoms with van der Waals surface area (Å²) in [5.74, 6) is -0.0109. The van der Waals surface area contributed by atoms with Gasteiger partial charge in [-0.05, 0) is 31.0 Å². The Hall–Kier alpha value is -2.02. The minimum Gasteiger partial charge on any atom is -0.356 e. The molecule has 0 spiro atoms. The molecule has 0 bridgehead atoms. The zero-order valence-corrected chi connectivity index (χ0v) is 15.7. The average Bonchev–Trinajstić information content (AvgIpc) is 3.24. The van der Waals surface area contributed by atoms with E-state index in [1.165, 1.54) is 9.75 Å². The molecular formula is C19H21N3OS2. The summed E-state index contributed by atoms with van der Waals surface area (Å²) in [5.41, 5.74) is 8.11. The number of nitrogens with one attached hydrogen (secondary N) is 1. The largest absolute Gasteiger partial charge is 0.356 e. The second-order valence-electron chi connectivity index (χ2n) is 5.84. The molecule has 3 rings (SSSR count). The van der Waals surface area contributed by atoms with Gasteiger partial charge >= 0.3 is 0 Å². The number of rotatable bonds is 7. The first-order valence-corrected chi connectivity index (χ1v) is 9.90. The van der Waals surface area contributed by atoms with Crippen LogP contribution in [-0.2, 0) is 11.2 Å². The number of hydrogen-bond donors (Lipinski definition) is 2. The number of hydrogen-bond acceptors (Lipinski definition) is 5. The zero-order valence-electron chi connectivity index (χ0n) is 14.1. The van der Waals surface area contributed by atoms with Gasteiger partial charge in [0, 0.05) is 29.3 Å². The molecule has 3 N–H and O–H groups in total. The van der Waals surface area contributed by atoms with Gasteiger partial charge in [0.25, 0.3) is 0 Å². The Morgan fingerprint density at radius 2 is 2.04 bits per heavy atom. The van der Waals surface area contributed by atoms with Crippen molar-refractivity contribution in [1.82, 2.24) is 10.3 Å². The van der Waals surface area contributed by atoms with Gasteiger partial charge in [0.15, 0.2) is 0 Å². The van der Waals surface area contributed by atoms with E-state index in [9.17, 15) is 4.79 Å². The van der Waals surface area contributed by atoms with Gasteiger partial charge in [0.05, 0.1) is 15.6 Å². The summed E-state index contributed by atoms with van der Waals surface area (Å²) in [6.45, 7) is 2.63. The third-order valence-corrected chi connectivity index (χ3v) is 5.80. The van der Waals surface area contributed by atoms with Crippen molar-refractivity contribution in [2.45, 2.75) is 25.8 Å². The zero-order chi connectivity index (χ0) is 17.6. The van der Waals surface area contributed by atoms with Crippen molar-refractivity contribution in [3.63, 3.8) is 0 Å². The van der Waals surface area contributed by atoms with Crippen LogP contribution in [0.25, 0.3) is 10.6 Å². The number of nitrogens with zero attached hydrogens (tertiary/aromatic N) is 1. The van der Waals surface area contributed by atoms with Crippen LogP contribution in [0.2, 0.25) is 0 Å². The molecule has 130 valence electrons. The van der Waals surface area contributed by atoms with Crippen LogP contribution in [-0.4, -0.2) is 17.4 Å². The number of thiazole rings is 1.